The molecule has 1 aromatic heterocycles. The highest BCUT2D eigenvalue weighted by molar-refractivity contribution is 5.80. The second-order valence-electron chi connectivity index (χ2n) is 3.17. The predicted octanol–water partition coefficient (Wildman–Crippen LogP) is -0.511. The van der Waals surface area contributed by atoms with Crippen LogP contribution in [0.4, 0.5) is 5.69 Å². The molecule has 0 saturated heterocycles. The highest BCUT2D eigenvalue weighted by atomic mass is 16.7. The third kappa shape index (κ3) is 1.72. The molecule has 2 rings (SSSR count). The van der Waals surface area contributed by atoms with Gasteiger partial charge in [0.1, 0.15) is 0 Å². The van der Waals surface area contributed by atoms with Gasteiger partial charge in [0.2, 0.25) is 0 Å². The summed E-state index contributed by atoms with van der Waals surface area (Å²) in [4.78, 5) is 9.90. The number of hydrogen-bond acceptors (Lipinski definition) is 6. The molecule has 0 saturated carbocycles. The lowest BCUT2D eigenvalue weighted by atomic mass is 10.2. The summed E-state index contributed by atoms with van der Waals surface area (Å²) in [7, 11) is 0. The van der Waals surface area contributed by atoms with Gasteiger partial charge in [-0.25, -0.2) is 0 Å². The molecule has 0 atom stereocenters. The summed E-state index contributed by atoms with van der Waals surface area (Å²) in [6, 6.07) is 3.79. The van der Waals surface area contributed by atoms with Crippen molar-refractivity contribution in [2.24, 2.45) is 0 Å². The van der Waals surface area contributed by atoms with E-state index < -0.39 is 11.0 Å². The quantitative estimate of drug-likeness (QED) is 0.359. The van der Waals surface area contributed by atoms with Crippen molar-refractivity contribution in [1.29, 1.82) is 0 Å². The van der Waals surface area contributed by atoms with E-state index >= 15 is 0 Å². The van der Waals surface area contributed by atoms with E-state index in [9.17, 15) is 10.1 Å². The zero-order valence-corrected chi connectivity index (χ0v) is 7.81. The third-order valence-electron chi connectivity index (χ3n) is 2.01. The molecule has 2 aromatic rings. The fraction of sp³-hybridized carbons (Fsp3) is 0.125. The van der Waals surface area contributed by atoms with Crippen molar-refractivity contribution in [2.45, 2.75) is 6.10 Å². The van der Waals surface area contributed by atoms with E-state index in [1.54, 1.807) is 0 Å². The third-order valence-corrected chi connectivity index (χ3v) is 2.01. The molecule has 16 heavy (non-hydrogen) atoms. The van der Waals surface area contributed by atoms with E-state index in [4.69, 9.17) is 15.3 Å². The first-order chi connectivity index (χ1) is 7.38. The van der Waals surface area contributed by atoms with Gasteiger partial charge in [0.05, 0.1) is 10.4 Å². The van der Waals surface area contributed by atoms with Gasteiger partial charge in [0.15, 0.2) is 0 Å². The molecule has 0 unspecified atom stereocenters. The number of non-ortho nitro benzene ring substituents is 1. The SMILES string of the molecule is O=[N+]([O-])c1ccc2nn(C(O)(O)O)cc2c1. The van der Waals surface area contributed by atoms with E-state index in [2.05, 4.69) is 5.10 Å². The molecule has 1 heterocycles. The number of aromatic nitrogens is 2. The second kappa shape index (κ2) is 3.23. The molecule has 0 radical (unpaired) electrons. The minimum absolute atomic E-state index is 0.147. The highest BCUT2D eigenvalue weighted by Crippen LogP contribution is 2.20. The minimum atomic E-state index is -3.12. The second-order valence-corrected chi connectivity index (χ2v) is 3.17. The molecule has 8 heteroatoms. The van der Waals surface area contributed by atoms with Gasteiger partial charge in [-0.1, -0.05) is 0 Å². The van der Waals surface area contributed by atoms with Gasteiger partial charge in [-0.15, -0.1) is 0 Å². The summed E-state index contributed by atoms with van der Waals surface area (Å²) < 4.78 is 0.487. The number of benzene rings is 1. The topological polar surface area (TPSA) is 122 Å². The van der Waals surface area contributed by atoms with Crippen LogP contribution in [-0.2, 0) is 6.10 Å². The lowest BCUT2D eigenvalue weighted by Crippen LogP contribution is -2.32. The van der Waals surface area contributed by atoms with Crippen molar-refractivity contribution in [1.82, 2.24) is 9.78 Å². The minimum Gasteiger partial charge on any atom is -0.324 e. The van der Waals surface area contributed by atoms with Gasteiger partial charge in [-0.05, 0) is 6.07 Å². The molecular formula is C8H7N3O5. The normalized spacial score (nSPS) is 11.9. The zero-order chi connectivity index (χ0) is 11.9. The Morgan fingerprint density at radius 1 is 1.38 bits per heavy atom. The monoisotopic (exact) mass is 225 g/mol. The summed E-state index contributed by atoms with van der Waals surface area (Å²) in [6.07, 6.45) is -2.03. The first kappa shape index (κ1) is 10.5. The van der Waals surface area contributed by atoms with Crippen molar-refractivity contribution in [3.63, 3.8) is 0 Å². The Balaban J connectivity index is 2.59. The maximum absolute atomic E-state index is 10.5. The standard InChI is InChI=1S/C8H7N3O5/c12-8(13,14)10-4-5-3-6(11(15)16)1-2-7(5)9-10/h1-4,12-14H. The van der Waals surface area contributed by atoms with Crippen LogP contribution in [0.25, 0.3) is 10.9 Å². The molecule has 84 valence electrons. The predicted molar refractivity (Wildman–Crippen MR) is 51.0 cm³/mol. The van der Waals surface area contributed by atoms with Crippen molar-refractivity contribution in [3.8, 4) is 0 Å². The van der Waals surface area contributed by atoms with Crippen molar-refractivity contribution >= 4 is 16.6 Å². The summed E-state index contributed by atoms with van der Waals surface area (Å²) in [5.41, 5.74) is 0.151. The van der Waals surface area contributed by atoms with E-state index in [1.165, 1.54) is 18.2 Å². The van der Waals surface area contributed by atoms with Gasteiger partial charge < -0.3 is 15.3 Å². The van der Waals surface area contributed by atoms with Crippen molar-refractivity contribution in [3.05, 3.63) is 34.5 Å². The number of nitrogens with zero attached hydrogens (tertiary/aromatic N) is 3. The molecule has 0 amide bonds. The smallest absolute Gasteiger partial charge is 0.324 e. The van der Waals surface area contributed by atoms with Crippen LogP contribution < -0.4 is 0 Å². The molecule has 8 nitrogen and oxygen atoms in total. The number of rotatable bonds is 2. The number of nitro benzene ring substituents is 1. The van der Waals surface area contributed by atoms with Gasteiger partial charge in [0, 0.05) is 23.7 Å². The molecule has 0 spiro atoms. The molecule has 1 aromatic carbocycles. The first-order valence-electron chi connectivity index (χ1n) is 4.19. The van der Waals surface area contributed by atoms with E-state index in [-0.39, 0.29) is 5.69 Å². The Labute approximate surface area is 88.1 Å². The Morgan fingerprint density at radius 3 is 2.62 bits per heavy atom. The first-order valence-corrected chi connectivity index (χ1v) is 4.19. The van der Waals surface area contributed by atoms with Crippen LogP contribution in [0.3, 0.4) is 0 Å². The summed E-state index contributed by atoms with van der Waals surface area (Å²) >= 11 is 0. The van der Waals surface area contributed by atoms with Gasteiger partial charge in [0.25, 0.3) is 5.69 Å². The summed E-state index contributed by atoms with van der Waals surface area (Å²) in [5.74, 6) is 0. The average molecular weight is 225 g/mol. The number of aliphatic hydroxyl groups is 3. The molecule has 0 bridgehead atoms. The van der Waals surface area contributed by atoms with Crippen LogP contribution in [0, 0.1) is 10.1 Å². The van der Waals surface area contributed by atoms with Crippen LogP contribution in [0.15, 0.2) is 24.4 Å². The lowest BCUT2D eigenvalue weighted by molar-refractivity contribution is -0.384. The lowest BCUT2D eigenvalue weighted by Gasteiger charge is -2.12. The number of hydrogen-bond donors (Lipinski definition) is 3. The van der Waals surface area contributed by atoms with Gasteiger partial charge in [-0.2, -0.15) is 9.78 Å². The zero-order valence-electron chi connectivity index (χ0n) is 7.81. The summed E-state index contributed by atoms with van der Waals surface area (Å²) in [6.45, 7) is 0. The Hall–Kier alpha value is -2.03. The van der Waals surface area contributed by atoms with Crippen LogP contribution in [0.1, 0.15) is 0 Å². The fourth-order valence-electron chi connectivity index (χ4n) is 1.28. The Bertz CT molecular complexity index is 556. The van der Waals surface area contributed by atoms with E-state index in [0.29, 0.717) is 15.6 Å². The molecule has 3 N–H and O–H groups in total. The van der Waals surface area contributed by atoms with E-state index in [1.807, 2.05) is 0 Å². The van der Waals surface area contributed by atoms with Gasteiger partial charge >= 0.3 is 6.10 Å². The maximum atomic E-state index is 10.5. The molecule has 0 fully saturated rings. The molecule has 0 aliphatic carbocycles. The average Bonchev–Trinajstić information content (AvgIpc) is 2.58. The number of nitro groups is 1. The van der Waals surface area contributed by atoms with Crippen LogP contribution in [0.5, 0.6) is 0 Å². The fourth-order valence-corrected chi connectivity index (χ4v) is 1.28. The summed E-state index contributed by atoms with van der Waals surface area (Å²) in [5, 5.41) is 41.0. The number of fused-ring (bicyclic) bond motifs is 1. The largest absolute Gasteiger partial charge is 0.389 e. The van der Waals surface area contributed by atoms with Crippen molar-refractivity contribution in [2.75, 3.05) is 0 Å². The van der Waals surface area contributed by atoms with Crippen LogP contribution >= 0.6 is 0 Å². The molecular weight excluding hydrogens is 218 g/mol. The highest BCUT2D eigenvalue weighted by Gasteiger charge is 2.23. The Kier molecular flexibility index (Phi) is 2.12. The van der Waals surface area contributed by atoms with Crippen LogP contribution in [-0.4, -0.2) is 30.0 Å². The molecule has 0 aliphatic rings. The molecule has 0 aliphatic heterocycles. The van der Waals surface area contributed by atoms with E-state index in [0.717, 1.165) is 6.20 Å². The van der Waals surface area contributed by atoms with Gasteiger partial charge in [-0.3, -0.25) is 10.1 Å². The van der Waals surface area contributed by atoms with Crippen LogP contribution in [0.2, 0.25) is 0 Å². The van der Waals surface area contributed by atoms with Crippen molar-refractivity contribution < 1.29 is 20.2 Å². The Morgan fingerprint density at radius 2 is 2.06 bits per heavy atom. The maximum Gasteiger partial charge on any atom is 0.389 e.